The van der Waals surface area contributed by atoms with E-state index in [1.165, 1.54) is 6.92 Å². The van der Waals surface area contributed by atoms with Crippen molar-refractivity contribution in [3.05, 3.63) is 48.0 Å². The zero-order chi connectivity index (χ0) is 41.8. The fourth-order valence-electron chi connectivity index (χ4n) is 4.74. The first-order chi connectivity index (χ1) is 25.7. The number of hydrogen-bond acceptors (Lipinski definition) is 10. The van der Waals surface area contributed by atoms with Gasteiger partial charge in [-0.1, -0.05) is 58.0 Å². The first-order valence-electron chi connectivity index (χ1n) is 17.3. The van der Waals surface area contributed by atoms with Gasteiger partial charge in [0, 0.05) is 18.6 Å². The molecule has 55 heavy (non-hydrogen) atoms. The Labute approximate surface area is 317 Å². The van der Waals surface area contributed by atoms with Gasteiger partial charge >= 0.3 is 5.97 Å². The molecular weight excluding hydrogens is 722 g/mol. The third-order valence-corrected chi connectivity index (χ3v) is 7.57. The normalized spacial score (nSPS) is 13.7. The summed E-state index contributed by atoms with van der Waals surface area (Å²) in [6.45, 7) is 7.00. The van der Waals surface area contributed by atoms with E-state index in [1.807, 2.05) is 0 Å². The molecule has 0 aromatic heterocycles. The van der Waals surface area contributed by atoms with E-state index in [0.29, 0.717) is 11.6 Å². The Kier molecular flexibility index (Phi) is 19.8. The lowest BCUT2D eigenvalue weighted by Gasteiger charge is -2.26. The molecular formula is C35H51N9O11. The van der Waals surface area contributed by atoms with Gasteiger partial charge in [-0.15, -0.1) is 0 Å². The van der Waals surface area contributed by atoms with E-state index >= 15 is 0 Å². The van der Waals surface area contributed by atoms with Gasteiger partial charge in [0.2, 0.25) is 53.2 Å². The molecule has 5 unspecified atom stereocenters. The van der Waals surface area contributed by atoms with Crippen molar-refractivity contribution in [2.75, 3.05) is 13.1 Å². The number of carbonyl (C=O) groups is 10. The highest BCUT2D eigenvalue weighted by Crippen LogP contribution is 2.08. The van der Waals surface area contributed by atoms with Crippen LogP contribution in [0.2, 0.25) is 0 Å². The predicted octanol–water partition coefficient (Wildman–Crippen LogP) is -3.39. The lowest BCUT2D eigenvalue weighted by molar-refractivity contribution is -0.141. The van der Waals surface area contributed by atoms with Gasteiger partial charge in [-0.05, 0) is 30.7 Å². The Morgan fingerprint density at radius 1 is 0.655 bits per heavy atom. The molecule has 9 amide bonds. The van der Waals surface area contributed by atoms with Gasteiger partial charge in [0.1, 0.15) is 30.2 Å². The highest BCUT2D eigenvalue weighted by Gasteiger charge is 2.31. The zero-order valence-corrected chi connectivity index (χ0v) is 31.3. The quantitative estimate of drug-likeness (QED) is 0.0489. The van der Waals surface area contributed by atoms with Gasteiger partial charge < -0.3 is 53.8 Å². The lowest BCUT2D eigenvalue weighted by atomic mass is 10.0. The Morgan fingerprint density at radius 3 is 1.78 bits per heavy atom. The van der Waals surface area contributed by atoms with Gasteiger partial charge in [0.05, 0.1) is 19.5 Å². The van der Waals surface area contributed by atoms with Gasteiger partial charge in [-0.2, -0.15) is 0 Å². The maximum Gasteiger partial charge on any atom is 0.326 e. The van der Waals surface area contributed by atoms with Crippen LogP contribution in [0.5, 0.6) is 0 Å². The van der Waals surface area contributed by atoms with Crippen LogP contribution in [0.25, 0.3) is 0 Å². The van der Waals surface area contributed by atoms with Gasteiger partial charge in [-0.3, -0.25) is 43.2 Å². The molecule has 0 saturated heterocycles. The van der Waals surface area contributed by atoms with Crippen LogP contribution in [0.4, 0.5) is 0 Å². The highest BCUT2D eigenvalue weighted by molar-refractivity contribution is 6.01. The smallest absolute Gasteiger partial charge is 0.326 e. The maximum absolute atomic E-state index is 13.2. The molecule has 0 radical (unpaired) electrons. The van der Waals surface area contributed by atoms with Crippen LogP contribution in [-0.4, -0.2) is 108 Å². The number of hydrogen-bond donors (Lipinski definition) is 10. The first kappa shape index (κ1) is 46.7. The van der Waals surface area contributed by atoms with Crippen LogP contribution in [-0.2, 0) is 54.4 Å². The molecule has 0 aliphatic heterocycles. The van der Waals surface area contributed by atoms with Gasteiger partial charge in [0.25, 0.3) is 0 Å². The number of nitrogens with two attached hydrogens (primary N) is 2. The summed E-state index contributed by atoms with van der Waals surface area (Å²) in [6, 6.07) is 2.35. The molecule has 0 spiro atoms. The molecule has 0 bridgehead atoms. The largest absolute Gasteiger partial charge is 0.480 e. The van der Waals surface area contributed by atoms with Crippen molar-refractivity contribution >= 4 is 59.1 Å². The number of carboxylic acids is 1. The van der Waals surface area contributed by atoms with E-state index < -0.39 is 109 Å². The molecule has 1 aromatic rings. The fraction of sp³-hybridized carbons (Fsp3) is 0.486. The summed E-state index contributed by atoms with van der Waals surface area (Å²) in [5, 5.41) is 25.7. The molecule has 1 rings (SSSR count). The molecule has 302 valence electrons. The summed E-state index contributed by atoms with van der Waals surface area (Å²) in [5.74, 6) is -9.51. The molecule has 0 aliphatic rings. The Hall–Kier alpha value is -6.34. The van der Waals surface area contributed by atoms with E-state index in [-0.39, 0.29) is 24.7 Å². The van der Waals surface area contributed by atoms with Crippen LogP contribution in [0.1, 0.15) is 53.0 Å². The molecule has 20 nitrogen and oxygen atoms in total. The maximum atomic E-state index is 13.2. The van der Waals surface area contributed by atoms with Crippen molar-refractivity contribution in [3.8, 4) is 0 Å². The third kappa shape index (κ3) is 18.8. The average molecular weight is 774 g/mol. The molecule has 5 atom stereocenters. The third-order valence-electron chi connectivity index (χ3n) is 7.57. The summed E-state index contributed by atoms with van der Waals surface area (Å²) in [5.41, 5.74) is 11.3. The second kappa shape index (κ2) is 23.4. The van der Waals surface area contributed by atoms with Gasteiger partial charge in [-0.25, -0.2) is 4.79 Å². The number of primary amides is 2. The van der Waals surface area contributed by atoms with Crippen molar-refractivity contribution in [3.63, 3.8) is 0 Å². The number of carboxylic acid groups (broad SMARTS) is 1. The van der Waals surface area contributed by atoms with Crippen molar-refractivity contribution in [2.24, 2.45) is 23.3 Å². The summed E-state index contributed by atoms with van der Waals surface area (Å²) >= 11 is 0. The molecule has 0 heterocycles. The first-order valence-corrected chi connectivity index (χ1v) is 17.3. The van der Waals surface area contributed by atoms with Crippen LogP contribution >= 0.6 is 0 Å². The minimum Gasteiger partial charge on any atom is -0.480 e. The SMILES string of the molecule is CC(C)CC(NC(=O)C(CC(N)=O)NC(=O)C=CC(=O)NCC(=O)NCC(=O)NC(Cc1ccccc1)C(=O)O)C(=O)NC(C)C(=O)NC(C(N)=O)C(C)C. The van der Waals surface area contributed by atoms with E-state index in [9.17, 15) is 53.1 Å². The second-order valence-electron chi connectivity index (χ2n) is 13.3. The van der Waals surface area contributed by atoms with E-state index in [2.05, 4.69) is 37.2 Å². The van der Waals surface area contributed by atoms with Crippen molar-refractivity contribution in [2.45, 2.75) is 84.1 Å². The Morgan fingerprint density at radius 2 is 1.24 bits per heavy atom. The Bertz CT molecular complexity index is 1600. The summed E-state index contributed by atoms with van der Waals surface area (Å²) in [4.78, 5) is 123. The number of rotatable bonds is 23. The van der Waals surface area contributed by atoms with Crippen LogP contribution in [0, 0.1) is 11.8 Å². The molecule has 0 fully saturated rings. The molecule has 1 aromatic carbocycles. The second-order valence-corrected chi connectivity index (χ2v) is 13.3. The highest BCUT2D eigenvalue weighted by atomic mass is 16.4. The molecule has 0 aliphatic carbocycles. The lowest BCUT2D eigenvalue weighted by Crippen LogP contribution is -2.58. The van der Waals surface area contributed by atoms with E-state index in [0.717, 1.165) is 6.08 Å². The number of carbonyl (C=O) groups excluding carboxylic acids is 9. The summed E-state index contributed by atoms with van der Waals surface area (Å²) in [7, 11) is 0. The monoisotopic (exact) mass is 773 g/mol. The average Bonchev–Trinajstić information content (AvgIpc) is 3.09. The number of amides is 9. The summed E-state index contributed by atoms with van der Waals surface area (Å²) in [6.07, 6.45) is 0.823. The number of benzene rings is 1. The standard InChI is InChI=1S/C35H51N9O11/c1-18(2)13-22(33(52)40-20(5)32(51)44-30(19(3)4)31(37)50)43-34(53)23(15-25(36)45)41-27(47)12-11-26(46)38-16-28(48)39-17-29(49)42-24(35(54)55)14-21-9-7-6-8-10-21/h6-12,18-20,22-24,30H,13-17H2,1-5H3,(H2,36,45)(H2,37,50)(H,38,46)(H,39,48)(H,40,52)(H,41,47)(H,42,49)(H,43,53)(H,44,51)(H,54,55). The predicted molar refractivity (Wildman–Crippen MR) is 196 cm³/mol. The van der Waals surface area contributed by atoms with Crippen molar-refractivity contribution in [1.29, 1.82) is 0 Å². The van der Waals surface area contributed by atoms with Crippen molar-refractivity contribution < 1.29 is 53.1 Å². The van der Waals surface area contributed by atoms with E-state index in [4.69, 9.17) is 11.5 Å². The zero-order valence-electron chi connectivity index (χ0n) is 31.3. The topological polar surface area (TPSA) is 327 Å². The molecule has 0 saturated carbocycles. The van der Waals surface area contributed by atoms with Crippen LogP contribution in [0.15, 0.2) is 42.5 Å². The van der Waals surface area contributed by atoms with Crippen molar-refractivity contribution in [1.82, 2.24) is 37.2 Å². The number of nitrogens with one attached hydrogen (secondary N) is 7. The van der Waals surface area contributed by atoms with Crippen LogP contribution < -0.4 is 48.7 Å². The molecule has 12 N–H and O–H groups in total. The Balaban J connectivity index is 2.75. The summed E-state index contributed by atoms with van der Waals surface area (Å²) < 4.78 is 0. The molecule has 20 heteroatoms. The minimum atomic E-state index is -1.59. The minimum absolute atomic E-state index is 0.0110. The fourth-order valence-corrected chi connectivity index (χ4v) is 4.74. The van der Waals surface area contributed by atoms with Gasteiger partial charge in [0.15, 0.2) is 0 Å². The number of aliphatic carboxylic acids is 1. The van der Waals surface area contributed by atoms with E-state index in [1.54, 1.807) is 58.0 Å². The van der Waals surface area contributed by atoms with Crippen LogP contribution in [0.3, 0.4) is 0 Å².